The van der Waals surface area contributed by atoms with Gasteiger partial charge in [0.2, 0.25) is 11.8 Å². The number of benzene rings is 1. The molecule has 2 unspecified atom stereocenters. The quantitative estimate of drug-likeness (QED) is 0.837. The van der Waals surface area contributed by atoms with Crippen LogP contribution in [-0.2, 0) is 16.0 Å². The molecule has 5 nitrogen and oxygen atoms in total. The lowest BCUT2D eigenvalue weighted by atomic mass is 9.90. The Morgan fingerprint density at radius 3 is 2.67 bits per heavy atom. The van der Waals surface area contributed by atoms with Gasteiger partial charge in [-0.25, -0.2) is 0 Å². The molecule has 1 aromatic carbocycles. The van der Waals surface area contributed by atoms with E-state index in [1.165, 1.54) is 5.56 Å². The molecule has 2 N–H and O–H groups in total. The van der Waals surface area contributed by atoms with Gasteiger partial charge in [-0.3, -0.25) is 9.59 Å². The van der Waals surface area contributed by atoms with Crippen LogP contribution < -0.4 is 5.32 Å². The van der Waals surface area contributed by atoms with Crippen molar-refractivity contribution in [3.63, 3.8) is 0 Å². The summed E-state index contributed by atoms with van der Waals surface area (Å²) in [6, 6.07) is 7.53. The minimum absolute atomic E-state index is 0.0109. The van der Waals surface area contributed by atoms with E-state index in [2.05, 4.69) is 25.2 Å². The van der Waals surface area contributed by atoms with Gasteiger partial charge in [-0.15, -0.1) is 0 Å². The molecular weight excluding hydrogens is 304 g/mol. The molecule has 0 aliphatic carbocycles. The Bertz CT molecular complexity index is 586. The van der Waals surface area contributed by atoms with E-state index in [0.717, 1.165) is 18.4 Å². The number of fused-ring (bicyclic) bond motifs is 1. The highest BCUT2D eigenvalue weighted by molar-refractivity contribution is 5.79. The van der Waals surface area contributed by atoms with Crippen molar-refractivity contribution in [2.45, 2.75) is 52.1 Å². The Morgan fingerprint density at radius 2 is 2.04 bits per heavy atom. The first-order chi connectivity index (χ1) is 11.4. The number of carbonyl (C=O) groups excluding carboxylic acids is 2. The molecule has 5 heteroatoms. The predicted molar refractivity (Wildman–Crippen MR) is 93.4 cm³/mol. The summed E-state index contributed by atoms with van der Waals surface area (Å²) in [4.78, 5) is 26.2. The van der Waals surface area contributed by atoms with Crippen molar-refractivity contribution in [3.8, 4) is 0 Å². The maximum atomic E-state index is 12.5. The zero-order chi connectivity index (χ0) is 17.7. The largest absolute Gasteiger partial charge is 0.394 e. The Labute approximate surface area is 144 Å². The highest BCUT2D eigenvalue weighted by Gasteiger charge is 2.31. The average Bonchev–Trinajstić information content (AvgIpc) is 2.53. The minimum Gasteiger partial charge on any atom is -0.394 e. The summed E-state index contributed by atoms with van der Waals surface area (Å²) in [5, 5.41) is 12.4. The van der Waals surface area contributed by atoms with E-state index in [1.54, 1.807) is 11.8 Å². The monoisotopic (exact) mass is 332 g/mol. The van der Waals surface area contributed by atoms with E-state index in [1.807, 2.05) is 18.2 Å². The summed E-state index contributed by atoms with van der Waals surface area (Å²) in [5.41, 5.74) is 2.26. The van der Waals surface area contributed by atoms with Gasteiger partial charge in [-0.2, -0.15) is 0 Å². The molecule has 1 aromatic rings. The molecule has 1 aliphatic rings. The second-order valence-electron chi connectivity index (χ2n) is 6.96. The van der Waals surface area contributed by atoms with Crippen LogP contribution in [-0.4, -0.2) is 41.0 Å². The van der Waals surface area contributed by atoms with Crippen LogP contribution in [0.1, 0.15) is 50.8 Å². The molecule has 2 amide bonds. The highest BCUT2D eigenvalue weighted by atomic mass is 16.3. The fraction of sp³-hybridized carbons (Fsp3) is 0.579. The van der Waals surface area contributed by atoms with E-state index >= 15 is 0 Å². The third kappa shape index (κ3) is 4.57. The maximum absolute atomic E-state index is 12.5. The van der Waals surface area contributed by atoms with Gasteiger partial charge in [0.15, 0.2) is 0 Å². The normalized spacial score (nSPS) is 18.2. The lowest BCUT2D eigenvalue weighted by Crippen LogP contribution is -2.44. The summed E-state index contributed by atoms with van der Waals surface area (Å²) in [7, 11) is 0. The van der Waals surface area contributed by atoms with Gasteiger partial charge in [0.05, 0.1) is 25.1 Å². The van der Waals surface area contributed by atoms with Crippen LogP contribution in [0.25, 0.3) is 0 Å². The Hall–Kier alpha value is -1.88. The van der Waals surface area contributed by atoms with Crippen molar-refractivity contribution in [1.29, 1.82) is 0 Å². The molecule has 0 radical (unpaired) electrons. The van der Waals surface area contributed by atoms with Crippen LogP contribution in [0.3, 0.4) is 0 Å². The van der Waals surface area contributed by atoms with Crippen LogP contribution in [0.5, 0.6) is 0 Å². The van der Waals surface area contributed by atoms with Gasteiger partial charge < -0.3 is 15.3 Å². The van der Waals surface area contributed by atoms with E-state index in [-0.39, 0.29) is 36.9 Å². The van der Waals surface area contributed by atoms with Crippen molar-refractivity contribution in [2.75, 3.05) is 13.2 Å². The van der Waals surface area contributed by atoms with Crippen molar-refractivity contribution in [3.05, 3.63) is 35.4 Å². The zero-order valence-electron chi connectivity index (χ0n) is 14.8. The van der Waals surface area contributed by atoms with Crippen molar-refractivity contribution < 1.29 is 14.7 Å². The third-order valence-corrected chi connectivity index (χ3v) is 4.54. The first-order valence-electron chi connectivity index (χ1n) is 8.67. The number of hydrogen-bond acceptors (Lipinski definition) is 3. The van der Waals surface area contributed by atoms with E-state index in [4.69, 9.17) is 0 Å². The molecule has 2 atom stereocenters. The van der Waals surface area contributed by atoms with Crippen LogP contribution in [0.4, 0.5) is 0 Å². The number of amides is 2. The number of aliphatic hydroxyl groups is 1. The Morgan fingerprint density at radius 1 is 1.33 bits per heavy atom. The topological polar surface area (TPSA) is 69.6 Å². The number of nitrogens with one attached hydrogen (secondary N) is 1. The first kappa shape index (κ1) is 18.5. The van der Waals surface area contributed by atoms with Gasteiger partial charge in [-0.1, -0.05) is 38.1 Å². The average molecular weight is 332 g/mol. The van der Waals surface area contributed by atoms with Crippen molar-refractivity contribution in [2.24, 2.45) is 5.92 Å². The summed E-state index contributed by atoms with van der Waals surface area (Å²) >= 11 is 0. The first-order valence-corrected chi connectivity index (χ1v) is 8.67. The Kier molecular flexibility index (Phi) is 6.37. The third-order valence-electron chi connectivity index (χ3n) is 4.54. The summed E-state index contributed by atoms with van der Waals surface area (Å²) in [6.45, 7) is 6.24. The van der Waals surface area contributed by atoms with Crippen LogP contribution >= 0.6 is 0 Å². The summed E-state index contributed by atoms with van der Waals surface area (Å²) < 4.78 is 0. The molecule has 0 aromatic heterocycles. The lowest BCUT2D eigenvalue weighted by molar-refractivity contribution is -0.133. The van der Waals surface area contributed by atoms with Gasteiger partial charge in [0.25, 0.3) is 0 Å². The number of nitrogens with zero attached hydrogens (tertiary/aromatic N) is 1. The predicted octanol–water partition coefficient (Wildman–Crippen LogP) is 2.05. The molecule has 2 rings (SSSR count). The van der Waals surface area contributed by atoms with Crippen LogP contribution in [0.15, 0.2) is 24.3 Å². The molecule has 0 saturated carbocycles. The molecule has 132 valence electrons. The second kappa shape index (κ2) is 8.29. The van der Waals surface area contributed by atoms with E-state index < -0.39 is 0 Å². The SMILES string of the molecule is CC(=O)N1CCc2ccccc2C1CC(=O)NC(CO)CC(C)C. The summed E-state index contributed by atoms with van der Waals surface area (Å²) in [5.74, 6) is 0.261. The number of carbonyl (C=O) groups is 2. The fourth-order valence-electron chi connectivity index (χ4n) is 3.46. The van der Waals surface area contributed by atoms with Gasteiger partial charge in [-0.05, 0) is 29.9 Å². The standard InChI is InChI=1S/C19H28N2O3/c1-13(2)10-16(12-22)20-19(24)11-18-17-7-5-4-6-15(17)8-9-21(18)14(3)23/h4-7,13,16,18,22H,8-12H2,1-3H3,(H,20,24). The van der Waals surface area contributed by atoms with E-state index in [0.29, 0.717) is 12.5 Å². The van der Waals surface area contributed by atoms with Crippen LogP contribution in [0.2, 0.25) is 0 Å². The molecular formula is C19H28N2O3. The molecule has 24 heavy (non-hydrogen) atoms. The van der Waals surface area contributed by atoms with Crippen molar-refractivity contribution >= 4 is 11.8 Å². The van der Waals surface area contributed by atoms with Gasteiger partial charge in [0.1, 0.15) is 0 Å². The zero-order valence-corrected chi connectivity index (χ0v) is 14.8. The number of rotatable bonds is 6. The second-order valence-corrected chi connectivity index (χ2v) is 6.96. The summed E-state index contributed by atoms with van der Waals surface area (Å²) in [6.07, 6.45) is 1.78. The molecule has 0 bridgehead atoms. The molecule has 1 heterocycles. The molecule has 0 saturated heterocycles. The smallest absolute Gasteiger partial charge is 0.222 e. The number of aliphatic hydroxyl groups excluding tert-OH is 1. The lowest BCUT2D eigenvalue weighted by Gasteiger charge is -2.36. The molecule has 0 spiro atoms. The van der Waals surface area contributed by atoms with Crippen molar-refractivity contribution in [1.82, 2.24) is 10.2 Å². The number of hydrogen-bond donors (Lipinski definition) is 2. The molecule has 1 aliphatic heterocycles. The Balaban J connectivity index is 2.12. The van der Waals surface area contributed by atoms with Gasteiger partial charge >= 0.3 is 0 Å². The molecule has 0 fully saturated rings. The fourth-order valence-corrected chi connectivity index (χ4v) is 3.46. The van der Waals surface area contributed by atoms with E-state index in [9.17, 15) is 14.7 Å². The minimum atomic E-state index is -0.234. The van der Waals surface area contributed by atoms with Crippen LogP contribution in [0, 0.1) is 5.92 Å². The maximum Gasteiger partial charge on any atom is 0.222 e. The van der Waals surface area contributed by atoms with Gasteiger partial charge in [0, 0.05) is 13.5 Å². The highest BCUT2D eigenvalue weighted by Crippen LogP contribution is 2.32.